The molecule has 0 bridgehead atoms. The van der Waals surface area contributed by atoms with Gasteiger partial charge >= 0.3 is 0 Å². The summed E-state index contributed by atoms with van der Waals surface area (Å²) in [5.74, 6) is 0. The highest BCUT2D eigenvalue weighted by Gasteiger charge is 2.24. The van der Waals surface area contributed by atoms with Crippen LogP contribution >= 0.6 is 0 Å². The molecule has 1 aromatic carbocycles. The van der Waals surface area contributed by atoms with E-state index >= 15 is 0 Å². The van der Waals surface area contributed by atoms with Crippen LogP contribution in [0.3, 0.4) is 0 Å². The predicted octanol–water partition coefficient (Wildman–Crippen LogP) is 2.95. The Morgan fingerprint density at radius 2 is 1.69 bits per heavy atom. The van der Waals surface area contributed by atoms with Crippen LogP contribution in [0.5, 0.6) is 0 Å². The van der Waals surface area contributed by atoms with Crippen LogP contribution in [0.1, 0.15) is 25.0 Å². The third-order valence-corrected chi connectivity index (χ3v) is 3.28. The molecule has 87 valence electrons. The van der Waals surface area contributed by atoms with Crippen LogP contribution in [-0.4, -0.2) is 24.0 Å². The SMILES string of the molecule is Cc1cccc(C)c1N1[CH]N(C(C)C)CC1. The summed E-state index contributed by atoms with van der Waals surface area (Å²) in [6.45, 7) is 13.4. The summed E-state index contributed by atoms with van der Waals surface area (Å²) >= 11 is 0. The van der Waals surface area contributed by atoms with E-state index in [-0.39, 0.29) is 0 Å². The molecule has 1 radical (unpaired) electrons. The van der Waals surface area contributed by atoms with E-state index in [1.807, 2.05) is 0 Å². The van der Waals surface area contributed by atoms with Gasteiger partial charge in [-0.1, -0.05) is 18.2 Å². The summed E-state index contributed by atoms with van der Waals surface area (Å²) in [5, 5.41) is 0. The fourth-order valence-corrected chi connectivity index (χ4v) is 2.34. The van der Waals surface area contributed by atoms with Crippen LogP contribution in [0.25, 0.3) is 0 Å². The molecule has 0 aliphatic carbocycles. The molecule has 2 rings (SSSR count). The molecule has 2 heteroatoms. The Kier molecular flexibility index (Phi) is 3.20. The van der Waals surface area contributed by atoms with Gasteiger partial charge in [0, 0.05) is 24.8 Å². The first-order valence-corrected chi connectivity index (χ1v) is 6.03. The summed E-state index contributed by atoms with van der Waals surface area (Å²) in [4.78, 5) is 4.77. The highest BCUT2D eigenvalue weighted by atomic mass is 15.4. The Labute approximate surface area is 98.9 Å². The molecule has 1 aliphatic heterocycles. The molecule has 0 amide bonds. The maximum Gasteiger partial charge on any atom is 0.117 e. The molecule has 1 aromatic rings. The lowest BCUT2D eigenvalue weighted by Gasteiger charge is -2.24. The highest BCUT2D eigenvalue weighted by molar-refractivity contribution is 5.60. The molecule has 1 heterocycles. The molecule has 0 aromatic heterocycles. The third-order valence-electron chi connectivity index (χ3n) is 3.28. The quantitative estimate of drug-likeness (QED) is 0.751. The van der Waals surface area contributed by atoms with Crippen LogP contribution in [0, 0.1) is 20.5 Å². The van der Waals surface area contributed by atoms with Gasteiger partial charge in [-0.25, -0.2) is 0 Å². The first-order chi connectivity index (χ1) is 7.59. The minimum absolute atomic E-state index is 0.592. The summed E-state index contributed by atoms with van der Waals surface area (Å²) in [6, 6.07) is 7.10. The van der Waals surface area contributed by atoms with E-state index in [9.17, 15) is 0 Å². The number of aryl methyl sites for hydroxylation is 2. The molecule has 0 spiro atoms. The zero-order valence-electron chi connectivity index (χ0n) is 10.7. The molecule has 0 saturated carbocycles. The first-order valence-electron chi connectivity index (χ1n) is 6.03. The number of hydrogen-bond acceptors (Lipinski definition) is 2. The molecular weight excluding hydrogens is 196 g/mol. The highest BCUT2D eigenvalue weighted by Crippen LogP contribution is 2.28. The van der Waals surface area contributed by atoms with Crippen molar-refractivity contribution in [2.75, 3.05) is 18.0 Å². The van der Waals surface area contributed by atoms with Crippen LogP contribution in [0.4, 0.5) is 5.69 Å². The number of nitrogens with zero attached hydrogens (tertiary/aromatic N) is 2. The van der Waals surface area contributed by atoms with Crippen LogP contribution in [0.15, 0.2) is 18.2 Å². The standard InChI is InChI=1S/C14H21N2/c1-11(2)15-8-9-16(10-15)14-12(3)6-5-7-13(14)4/h5-7,10-11H,8-9H2,1-4H3. The Bertz CT molecular complexity index is 351. The lowest BCUT2D eigenvalue weighted by atomic mass is 10.1. The van der Waals surface area contributed by atoms with E-state index in [1.165, 1.54) is 16.8 Å². The van der Waals surface area contributed by atoms with Gasteiger partial charge in [0.25, 0.3) is 0 Å². The van der Waals surface area contributed by atoms with E-state index in [1.54, 1.807) is 0 Å². The van der Waals surface area contributed by atoms with Gasteiger partial charge in [0.15, 0.2) is 0 Å². The topological polar surface area (TPSA) is 6.48 Å². The summed E-state index contributed by atoms with van der Waals surface area (Å²) in [6.07, 6.45) is 0. The normalized spacial score (nSPS) is 17.4. The van der Waals surface area contributed by atoms with Gasteiger partial charge in [-0.15, -0.1) is 0 Å². The van der Waals surface area contributed by atoms with E-state index in [0.717, 1.165) is 13.1 Å². The van der Waals surface area contributed by atoms with Gasteiger partial charge in [0.05, 0.1) is 0 Å². The van der Waals surface area contributed by atoms with Gasteiger partial charge in [-0.3, -0.25) is 4.90 Å². The van der Waals surface area contributed by atoms with Crippen molar-refractivity contribution in [1.29, 1.82) is 0 Å². The molecule has 1 fully saturated rings. The minimum atomic E-state index is 0.592. The van der Waals surface area contributed by atoms with Crippen molar-refractivity contribution >= 4 is 5.69 Å². The number of rotatable bonds is 2. The van der Waals surface area contributed by atoms with Crippen LogP contribution in [-0.2, 0) is 0 Å². The summed E-state index contributed by atoms with van der Waals surface area (Å²) in [5.41, 5.74) is 4.11. The fourth-order valence-electron chi connectivity index (χ4n) is 2.34. The average molecular weight is 217 g/mol. The second-order valence-electron chi connectivity index (χ2n) is 4.88. The van der Waals surface area contributed by atoms with Gasteiger partial charge in [0.2, 0.25) is 0 Å². The number of para-hydroxylation sites is 1. The maximum atomic E-state index is 2.39. The van der Waals surface area contributed by atoms with Crippen molar-refractivity contribution < 1.29 is 0 Å². The lowest BCUT2D eigenvalue weighted by molar-refractivity contribution is 0.321. The van der Waals surface area contributed by atoms with E-state index in [4.69, 9.17) is 0 Å². The van der Waals surface area contributed by atoms with E-state index in [0.29, 0.717) is 6.04 Å². The molecule has 1 aliphatic rings. The molecule has 0 unspecified atom stereocenters. The van der Waals surface area contributed by atoms with Crippen LogP contribution in [0.2, 0.25) is 0 Å². The van der Waals surface area contributed by atoms with Gasteiger partial charge < -0.3 is 4.90 Å². The first kappa shape index (κ1) is 11.5. The second-order valence-corrected chi connectivity index (χ2v) is 4.88. The van der Waals surface area contributed by atoms with Gasteiger partial charge in [-0.2, -0.15) is 0 Å². The van der Waals surface area contributed by atoms with E-state index in [2.05, 4.69) is 62.4 Å². The smallest absolute Gasteiger partial charge is 0.117 e. The second kappa shape index (κ2) is 4.46. The largest absolute Gasteiger partial charge is 0.351 e. The zero-order chi connectivity index (χ0) is 11.7. The zero-order valence-corrected chi connectivity index (χ0v) is 10.7. The minimum Gasteiger partial charge on any atom is -0.351 e. The molecule has 0 atom stereocenters. The van der Waals surface area contributed by atoms with Crippen molar-refractivity contribution in [2.45, 2.75) is 33.7 Å². The van der Waals surface area contributed by atoms with Crippen molar-refractivity contribution in [2.24, 2.45) is 0 Å². The molecule has 2 nitrogen and oxygen atoms in total. The average Bonchev–Trinajstić information content (AvgIpc) is 2.66. The van der Waals surface area contributed by atoms with Gasteiger partial charge in [0.1, 0.15) is 6.67 Å². The van der Waals surface area contributed by atoms with Crippen molar-refractivity contribution in [1.82, 2.24) is 4.90 Å². The monoisotopic (exact) mass is 217 g/mol. The molecule has 0 N–H and O–H groups in total. The Morgan fingerprint density at radius 1 is 1.06 bits per heavy atom. The Morgan fingerprint density at radius 3 is 2.19 bits per heavy atom. The van der Waals surface area contributed by atoms with E-state index < -0.39 is 0 Å². The lowest BCUT2D eigenvalue weighted by Crippen LogP contribution is -2.26. The molecular formula is C14H21N2. The molecule has 1 saturated heterocycles. The van der Waals surface area contributed by atoms with Crippen molar-refractivity contribution in [3.8, 4) is 0 Å². The third kappa shape index (κ3) is 2.07. The van der Waals surface area contributed by atoms with Gasteiger partial charge in [-0.05, 0) is 38.8 Å². The Hall–Kier alpha value is -1.02. The number of anilines is 1. The number of hydrogen-bond donors (Lipinski definition) is 0. The summed E-state index contributed by atoms with van der Waals surface area (Å²) in [7, 11) is 0. The van der Waals surface area contributed by atoms with Crippen molar-refractivity contribution in [3.63, 3.8) is 0 Å². The van der Waals surface area contributed by atoms with Crippen molar-refractivity contribution in [3.05, 3.63) is 36.0 Å². The Balaban J connectivity index is 2.20. The predicted molar refractivity (Wildman–Crippen MR) is 69.4 cm³/mol. The molecule has 16 heavy (non-hydrogen) atoms. The number of benzene rings is 1. The van der Waals surface area contributed by atoms with Crippen LogP contribution < -0.4 is 4.90 Å². The summed E-state index contributed by atoms with van der Waals surface area (Å²) < 4.78 is 0. The fraction of sp³-hybridized carbons (Fsp3) is 0.500. The maximum absolute atomic E-state index is 2.39.